The third-order valence-corrected chi connectivity index (χ3v) is 5.44. The van der Waals surface area contributed by atoms with Crippen LogP contribution in [0.1, 0.15) is 27.9 Å². The highest BCUT2D eigenvalue weighted by atomic mass is 32.1. The van der Waals surface area contributed by atoms with E-state index in [1.54, 1.807) is 11.3 Å². The number of aliphatic imine (C=N–C) groups is 1. The number of Topliss-reactive ketones (excluding diaryl/α,β-unsaturated/α-hetero) is 1. The smallest absolute Gasteiger partial charge is 0.204 e. The molecular weight excluding hydrogens is 296 g/mol. The molecule has 1 aromatic carbocycles. The van der Waals surface area contributed by atoms with Crippen LogP contribution in [0.2, 0.25) is 0 Å². The van der Waals surface area contributed by atoms with Crippen molar-refractivity contribution in [1.82, 2.24) is 0 Å². The second-order valence-corrected chi connectivity index (χ2v) is 6.86. The molecule has 1 atom stereocenters. The molecule has 1 aromatic heterocycles. The summed E-state index contributed by atoms with van der Waals surface area (Å²) in [4.78, 5) is 19.5. The number of hydrogen-bond acceptors (Lipinski definition) is 5. The van der Waals surface area contributed by atoms with Crippen molar-refractivity contribution in [1.29, 1.82) is 0 Å². The standard InChI is InChI=1S/C17H16N2O2S/c1-10-8-12-13(9-11(10)2)18-16-17(21,15(12)20)5-6-19(16)14-4-3-7-22-14/h3-4,7-9,21H,5-6H2,1-2H3/t17-/m1/s1. The summed E-state index contributed by atoms with van der Waals surface area (Å²) in [5.41, 5.74) is 1.85. The molecule has 22 heavy (non-hydrogen) atoms. The van der Waals surface area contributed by atoms with Crippen LogP contribution in [0.4, 0.5) is 10.7 Å². The first-order valence-electron chi connectivity index (χ1n) is 7.29. The van der Waals surface area contributed by atoms with Gasteiger partial charge in [0.1, 0.15) is 0 Å². The van der Waals surface area contributed by atoms with E-state index in [0.717, 1.165) is 16.1 Å². The molecule has 1 fully saturated rings. The van der Waals surface area contributed by atoms with Gasteiger partial charge in [-0.25, -0.2) is 4.99 Å². The molecule has 2 aliphatic rings. The predicted octanol–water partition coefficient (Wildman–Crippen LogP) is 3.23. The van der Waals surface area contributed by atoms with E-state index >= 15 is 0 Å². The number of aliphatic hydroxyl groups is 1. The number of carbonyl (C=O) groups is 1. The van der Waals surface area contributed by atoms with Crippen molar-refractivity contribution in [3.05, 3.63) is 46.3 Å². The number of ketones is 1. The lowest BCUT2D eigenvalue weighted by Crippen LogP contribution is -2.48. The number of nitrogens with zero attached hydrogens (tertiary/aromatic N) is 2. The molecule has 0 unspecified atom stereocenters. The summed E-state index contributed by atoms with van der Waals surface area (Å²) in [6.45, 7) is 4.58. The van der Waals surface area contributed by atoms with E-state index in [-0.39, 0.29) is 5.78 Å². The summed E-state index contributed by atoms with van der Waals surface area (Å²) in [5.74, 6) is 0.241. The van der Waals surface area contributed by atoms with Crippen molar-refractivity contribution in [2.45, 2.75) is 25.9 Å². The van der Waals surface area contributed by atoms with E-state index in [9.17, 15) is 9.90 Å². The molecule has 1 N–H and O–H groups in total. The maximum absolute atomic E-state index is 12.8. The first kappa shape index (κ1) is 13.7. The third-order valence-electron chi connectivity index (χ3n) is 4.55. The number of aryl methyl sites for hydroxylation is 2. The minimum Gasteiger partial charge on any atom is -0.374 e. The molecule has 5 heteroatoms. The third kappa shape index (κ3) is 1.72. The molecule has 4 nitrogen and oxygen atoms in total. The molecule has 0 saturated carbocycles. The molecule has 1 saturated heterocycles. The Bertz CT molecular complexity index is 810. The lowest BCUT2D eigenvalue weighted by molar-refractivity contribution is 0.0602. The Labute approximate surface area is 132 Å². The first-order valence-corrected chi connectivity index (χ1v) is 8.17. The van der Waals surface area contributed by atoms with Crippen LogP contribution in [-0.4, -0.2) is 28.9 Å². The van der Waals surface area contributed by atoms with Gasteiger partial charge < -0.3 is 10.0 Å². The lowest BCUT2D eigenvalue weighted by Gasteiger charge is -2.29. The van der Waals surface area contributed by atoms with Gasteiger partial charge in [-0.3, -0.25) is 4.79 Å². The van der Waals surface area contributed by atoms with Gasteiger partial charge >= 0.3 is 0 Å². The van der Waals surface area contributed by atoms with Gasteiger partial charge in [-0.2, -0.15) is 0 Å². The van der Waals surface area contributed by atoms with Gasteiger partial charge in [0.15, 0.2) is 11.4 Å². The molecule has 0 spiro atoms. The zero-order chi connectivity index (χ0) is 15.5. The molecule has 2 aliphatic heterocycles. The Balaban J connectivity index is 1.91. The molecule has 0 radical (unpaired) electrons. The summed E-state index contributed by atoms with van der Waals surface area (Å²) in [6.07, 6.45) is 0.384. The molecular formula is C17H16N2O2S. The highest BCUT2D eigenvalue weighted by molar-refractivity contribution is 7.14. The fourth-order valence-electron chi connectivity index (χ4n) is 3.13. The number of anilines is 1. The predicted molar refractivity (Wildman–Crippen MR) is 88.6 cm³/mol. The summed E-state index contributed by atoms with van der Waals surface area (Å²) >= 11 is 1.59. The van der Waals surface area contributed by atoms with Crippen LogP contribution in [0, 0.1) is 13.8 Å². The molecule has 0 aliphatic carbocycles. The Kier molecular flexibility index (Phi) is 2.80. The number of hydrogen-bond donors (Lipinski definition) is 1. The number of benzene rings is 1. The Morgan fingerprint density at radius 1 is 1.32 bits per heavy atom. The normalized spacial score (nSPS) is 23.3. The highest BCUT2D eigenvalue weighted by Crippen LogP contribution is 2.41. The van der Waals surface area contributed by atoms with Crippen LogP contribution in [0.3, 0.4) is 0 Å². The van der Waals surface area contributed by atoms with E-state index < -0.39 is 5.60 Å². The van der Waals surface area contributed by atoms with Gasteiger partial charge in [0.2, 0.25) is 5.78 Å². The van der Waals surface area contributed by atoms with E-state index in [1.807, 2.05) is 48.4 Å². The van der Waals surface area contributed by atoms with Crippen LogP contribution in [0.25, 0.3) is 0 Å². The minimum absolute atomic E-state index is 0.227. The van der Waals surface area contributed by atoms with Crippen molar-refractivity contribution < 1.29 is 9.90 Å². The average Bonchev–Trinajstić information content (AvgIpc) is 3.11. The van der Waals surface area contributed by atoms with Crippen molar-refractivity contribution in [3.63, 3.8) is 0 Å². The van der Waals surface area contributed by atoms with Crippen molar-refractivity contribution in [3.8, 4) is 0 Å². The minimum atomic E-state index is -1.49. The van der Waals surface area contributed by atoms with E-state index in [2.05, 4.69) is 4.99 Å². The summed E-state index contributed by atoms with van der Waals surface area (Å²) < 4.78 is 0. The maximum atomic E-state index is 12.8. The van der Waals surface area contributed by atoms with Crippen LogP contribution in [-0.2, 0) is 0 Å². The van der Waals surface area contributed by atoms with Gasteiger partial charge in [0.25, 0.3) is 0 Å². The second kappa shape index (κ2) is 4.51. The van der Waals surface area contributed by atoms with Gasteiger partial charge in [0, 0.05) is 18.5 Å². The van der Waals surface area contributed by atoms with Gasteiger partial charge in [0.05, 0.1) is 10.7 Å². The number of rotatable bonds is 1. The molecule has 3 heterocycles. The SMILES string of the molecule is Cc1cc2c(cc1C)C(=O)[C@]1(O)CCN(c3cccs3)C1=N2. The van der Waals surface area contributed by atoms with Crippen molar-refractivity contribution >= 4 is 33.6 Å². The van der Waals surface area contributed by atoms with E-state index in [1.165, 1.54) is 0 Å². The van der Waals surface area contributed by atoms with Gasteiger partial charge in [-0.1, -0.05) is 0 Å². The topological polar surface area (TPSA) is 52.9 Å². The van der Waals surface area contributed by atoms with Crippen LogP contribution < -0.4 is 4.90 Å². The quantitative estimate of drug-likeness (QED) is 0.879. The van der Waals surface area contributed by atoms with E-state index in [0.29, 0.717) is 30.1 Å². The lowest BCUT2D eigenvalue weighted by atomic mass is 9.86. The number of thiophene rings is 1. The monoisotopic (exact) mass is 312 g/mol. The Hall–Kier alpha value is -1.98. The first-order chi connectivity index (χ1) is 10.5. The van der Waals surface area contributed by atoms with Gasteiger partial charge in [-0.05, 0) is 54.6 Å². The summed E-state index contributed by atoms with van der Waals surface area (Å²) in [6, 6.07) is 7.72. The average molecular weight is 312 g/mol. The molecule has 4 rings (SSSR count). The molecule has 2 aromatic rings. The zero-order valence-corrected chi connectivity index (χ0v) is 13.3. The number of carbonyl (C=O) groups excluding carboxylic acids is 1. The summed E-state index contributed by atoms with van der Waals surface area (Å²) in [5, 5.41) is 13.9. The maximum Gasteiger partial charge on any atom is 0.204 e. The van der Waals surface area contributed by atoms with Crippen molar-refractivity contribution in [2.24, 2.45) is 4.99 Å². The fourth-order valence-corrected chi connectivity index (χ4v) is 3.89. The van der Waals surface area contributed by atoms with Gasteiger partial charge in [-0.15, -0.1) is 11.3 Å². The fraction of sp³-hybridized carbons (Fsp3) is 0.294. The number of fused-ring (bicyclic) bond motifs is 2. The van der Waals surface area contributed by atoms with Crippen molar-refractivity contribution in [2.75, 3.05) is 11.4 Å². The summed E-state index contributed by atoms with van der Waals surface area (Å²) in [7, 11) is 0. The molecule has 112 valence electrons. The largest absolute Gasteiger partial charge is 0.374 e. The molecule has 0 amide bonds. The van der Waals surface area contributed by atoms with Crippen LogP contribution >= 0.6 is 11.3 Å². The Morgan fingerprint density at radius 3 is 2.82 bits per heavy atom. The second-order valence-electron chi connectivity index (χ2n) is 5.93. The highest BCUT2D eigenvalue weighted by Gasteiger charge is 2.52. The van der Waals surface area contributed by atoms with E-state index in [4.69, 9.17) is 0 Å². The number of amidine groups is 1. The van der Waals surface area contributed by atoms with Crippen LogP contribution in [0.5, 0.6) is 0 Å². The zero-order valence-electron chi connectivity index (χ0n) is 12.5. The molecule has 0 bridgehead atoms. The van der Waals surface area contributed by atoms with Crippen LogP contribution in [0.15, 0.2) is 34.6 Å². The Morgan fingerprint density at radius 2 is 2.09 bits per heavy atom.